The highest BCUT2D eigenvalue weighted by Crippen LogP contribution is 2.26. The number of rotatable bonds is 15. The van der Waals surface area contributed by atoms with Crippen LogP contribution in [0.5, 0.6) is 0 Å². The molecule has 138 valence electrons. The Morgan fingerprint density at radius 1 is 0.739 bits per heavy atom. The van der Waals surface area contributed by atoms with Crippen molar-refractivity contribution in [2.75, 3.05) is 6.61 Å². The molecule has 1 fully saturated rings. The molecule has 0 amide bonds. The Hall–Kier alpha value is 0.177. The van der Waals surface area contributed by atoms with E-state index in [1.165, 1.54) is 109 Å². The average Bonchev–Trinajstić information content (AvgIpc) is 2.59. The van der Waals surface area contributed by atoms with Gasteiger partial charge in [-0.3, -0.25) is 0 Å². The molecule has 1 saturated heterocycles. The highest BCUT2D eigenvalue weighted by molar-refractivity contribution is 6.53. The van der Waals surface area contributed by atoms with Crippen LogP contribution in [-0.4, -0.2) is 15.6 Å². The van der Waals surface area contributed by atoms with Crippen molar-refractivity contribution in [3.63, 3.8) is 0 Å². The molecule has 1 aliphatic rings. The van der Waals surface area contributed by atoms with Gasteiger partial charge in [0, 0.05) is 6.61 Å². The third-order valence-electron chi connectivity index (χ3n) is 5.61. The van der Waals surface area contributed by atoms with E-state index in [1.54, 1.807) is 0 Å². The van der Waals surface area contributed by atoms with Crippen molar-refractivity contribution in [1.82, 2.24) is 0 Å². The van der Waals surface area contributed by atoms with Gasteiger partial charge in [-0.2, -0.15) is 0 Å². The molecule has 2 atom stereocenters. The zero-order chi connectivity index (χ0) is 16.6. The molecule has 1 heterocycles. The second kappa shape index (κ2) is 15.7. The van der Waals surface area contributed by atoms with Crippen molar-refractivity contribution in [3.8, 4) is 0 Å². The van der Waals surface area contributed by atoms with E-state index in [0.717, 1.165) is 12.1 Å². The molecule has 0 N–H and O–H groups in total. The quantitative estimate of drug-likeness (QED) is 0.223. The van der Waals surface area contributed by atoms with Crippen LogP contribution in [0.25, 0.3) is 0 Å². The molecular formula is C21H44OSi. The second-order valence-corrected chi connectivity index (χ2v) is 11.0. The van der Waals surface area contributed by atoms with E-state index in [-0.39, 0.29) is 0 Å². The summed E-state index contributed by atoms with van der Waals surface area (Å²) >= 11 is 0. The van der Waals surface area contributed by atoms with Crippen LogP contribution in [0, 0.1) is 0 Å². The van der Waals surface area contributed by atoms with Crippen LogP contribution < -0.4 is 0 Å². The van der Waals surface area contributed by atoms with Crippen LogP contribution in [0.4, 0.5) is 0 Å². The van der Waals surface area contributed by atoms with Gasteiger partial charge in [-0.1, -0.05) is 110 Å². The van der Waals surface area contributed by atoms with Crippen LogP contribution in [0.2, 0.25) is 11.6 Å². The summed E-state index contributed by atoms with van der Waals surface area (Å²) in [6.07, 6.45) is 23.2. The monoisotopic (exact) mass is 340 g/mol. The highest BCUT2D eigenvalue weighted by atomic mass is 28.3. The first-order chi connectivity index (χ1) is 11.3. The first-order valence-electron chi connectivity index (χ1n) is 11.0. The highest BCUT2D eigenvalue weighted by Gasteiger charge is 2.22. The number of hydrogen-bond acceptors (Lipinski definition) is 1. The largest absolute Gasteiger partial charge is 0.420 e. The molecule has 23 heavy (non-hydrogen) atoms. The molecule has 0 saturated carbocycles. The van der Waals surface area contributed by atoms with Gasteiger partial charge in [0.15, 0.2) is 9.04 Å². The first-order valence-corrected chi connectivity index (χ1v) is 12.9. The van der Waals surface area contributed by atoms with Gasteiger partial charge in [-0.15, -0.1) is 0 Å². The van der Waals surface area contributed by atoms with Crippen LogP contribution in [-0.2, 0) is 4.43 Å². The van der Waals surface area contributed by atoms with Gasteiger partial charge < -0.3 is 4.43 Å². The van der Waals surface area contributed by atoms with Crippen LogP contribution in [0.1, 0.15) is 117 Å². The van der Waals surface area contributed by atoms with Gasteiger partial charge >= 0.3 is 0 Å². The smallest absolute Gasteiger partial charge is 0.179 e. The molecule has 2 heteroatoms. The molecule has 1 aliphatic heterocycles. The molecule has 1 nitrogen and oxygen atoms in total. The predicted molar refractivity (Wildman–Crippen MR) is 107 cm³/mol. The maximum Gasteiger partial charge on any atom is 0.179 e. The predicted octanol–water partition coefficient (Wildman–Crippen LogP) is 7.39. The Bertz CT molecular complexity index is 238. The van der Waals surface area contributed by atoms with Gasteiger partial charge in [0.2, 0.25) is 0 Å². The molecule has 0 radical (unpaired) electrons. The van der Waals surface area contributed by atoms with E-state index in [2.05, 4.69) is 13.8 Å². The van der Waals surface area contributed by atoms with E-state index in [4.69, 9.17) is 4.43 Å². The van der Waals surface area contributed by atoms with E-state index in [9.17, 15) is 0 Å². The zero-order valence-electron chi connectivity index (χ0n) is 16.3. The minimum Gasteiger partial charge on any atom is -0.420 e. The van der Waals surface area contributed by atoms with Gasteiger partial charge in [0.05, 0.1) is 0 Å². The normalized spacial score (nSPS) is 19.8. The Morgan fingerprint density at radius 3 is 1.74 bits per heavy atom. The fourth-order valence-corrected chi connectivity index (χ4v) is 6.72. The SMILES string of the molecule is CCCCCCCCCCCCCCCC(C)[SiH]1CCCCO1. The lowest BCUT2D eigenvalue weighted by Crippen LogP contribution is -2.27. The lowest BCUT2D eigenvalue weighted by atomic mass is 10.0. The second-order valence-electron chi connectivity index (χ2n) is 7.91. The Balaban J connectivity index is 1.76. The Labute approximate surface area is 148 Å². The van der Waals surface area contributed by atoms with E-state index in [1.807, 2.05) is 0 Å². The fourth-order valence-electron chi connectivity index (χ4n) is 3.88. The van der Waals surface area contributed by atoms with E-state index < -0.39 is 9.04 Å². The molecule has 0 bridgehead atoms. The number of hydrogen-bond donors (Lipinski definition) is 0. The van der Waals surface area contributed by atoms with Crippen LogP contribution in [0.3, 0.4) is 0 Å². The lowest BCUT2D eigenvalue weighted by Gasteiger charge is -2.26. The summed E-state index contributed by atoms with van der Waals surface area (Å²) in [5, 5.41) is 0. The molecule has 0 aromatic heterocycles. The Morgan fingerprint density at radius 2 is 1.26 bits per heavy atom. The molecular weight excluding hydrogens is 296 g/mol. The van der Waals surface area contributed by atoms with Crippen LogP contribution in [0.15, 0.2) is 0 Å². The van der Waals surface area contributed by atoms with Gasteiger partial charge in [-0.05, 0) is 18.0 Å². The van der Waals surface area contributed by atoms with Gasteiger partial charge in [0.25, 0.3) is 0 Å². The molecule has 0 aromatic carbocycles. The average molecular weight is 341 g/mol. The zero-order valence-corrected chi connectivity index (χ0v) is 17.4. The van der Waals surface area contributed by atoms with Crippen molar-refractivity contribution in [2.24, 2.45) is 0 Å². The molecule has 2 unspecified atom stereocenters. The maximum absolute atomic E-state index is 6.04. The summed E-state index contributed by atoms with van der Waals surface area (Å²) in [7, 11) is -0.809. The van der Waals surface area contributed by atoms with Gasteiger partial charge in [-0.25, -0.2) is 0 Å². The summed E-state index contributed by atoms with van der Waals surface area (Å²) in [5.74, 6) is 0. The van der Waals surface area contributed by atoms with Crippen LogP contribution >= 0.6 is 0 Å². The first kappa shape index (κ1) is 21.2. The third kappa shape index (κ3) is 12.2. The summed E-state index contributed by atoms with van der Waals surface area (Å²) < 4.78 is 6.04. The minimum absolute atomic E-state index is 0.809. The van der Waals surface area contributed by atoms with Crippen molar-refractivity contribution in [1.29, 1.82) is 0 Å². The topological polar surface area (TPSA) is 9.23 Å². The summed E-state index contributed by atoms with van der Waals surface area (Å²) in [4.78, 5) is 0. The van der Waals surface area contributed by atoms with Crippen molar-refractivity contribution in [2.45, 2.75) is 128 Å². The Kier molecular flexibility index (Phi) is 14.5. The van der Waals surface area contributed by atoms with E-state index in [0.29, 0.717) is 0 Å². The summed E-state index contributed by atoms with van der Waals surface area (Å²) in [6, 6.07) is 1.44. The molecule has 0 aromatic rings. The summed E-state index contributed by atoms with van der Waals surface area (Å²) in [6.45, 7) is 5.83. The molecule has 1 rings (SSSR count). The minimum atomic E-state index is -0.809. The van der Waals surface area contributed by atoms with Gasteiger partial charge in [0.1, 0.15) is 0 Å². The maximum atomic E-state index is 6.04. The third-order valence-corrected chi connectivity index (χ3v) is 8.86. The molecule has 0 aliphatic carbocycles. The molecule has 0 spiro atoms. The number of unbranched alkanes of at least 4 members (excludes halogenated alkanes) is 12. The summed E-state index contributed by atoms with van der Waals surface area (Å²) in [5.41, 5.74) is 0.919. The lowest BCUT2D eigenvalue weighted by molar-refractivity contribution is 0.278. The standard InChI is InChI=1S/C21H44OSi/c1-3-4-5-6-7-8-9-10-11-12-13-14-15-18-21(2)23-20-17-16-19-22-23/h21,23H,3-20H2,1-2H3. The van der Waals surface area contributed by atoms with E-state index >= 15 is 0 Å². The van der Waals surface area contributed by atoms with Crippen molar-refractivity contribution >= 4 is 9.04 Å². The van der Waals surface area contributed by atoms with Crippen molar-refractivity contribution in [3.05, 3.63) is 0 Å². The fraction of sp³-hybridized carbons (Fsp3) is 1.00. The van der Waals surface area contributed by atoms with Crippen molar-refractivity contribution < 1.29 is 4.43 Å².